The van der Waals surface area contributed by atoms with Crippen LogP contribution in [0.1, 0.15) is 25.8 Å². The summed E-state index contributed by atoms with van der Waals surface area (Å²) in [6, 6.07) is 4.12. The second kappa shape index (κ2) is 8.75. The Morgan fingerprint density at radius 1 is 1.32 bits per heavy atom. The molecule has 1 fully saturated rings. The van der Waals surface area contributed by atoms with Gasteiger partial charge in [0.05, 0.1) is 15.8 Å². The summed E-state index contributed by atoms with van der Waals surface area (Å²) in [6.45, 7) is 6.96. The van der Waals surface area contributed by atoms with Crippen molar-refractivity contribution in [2.45, 2.75) is 32.5 Å². The molecule has 0 amide bonds. The molecule has 0 aliphatic carbocycles. The van der Waals surface area contributed by atoms with Crippen LogP contribution in [0, 0.1) is 5.92 Å². The molecule has 0 saturated carbocycles. The Bertz CT molecular complexity index is 691. The van der Waals surface area contributed by atoms with Crippen LogP contribution in [0.2, 0.25) is 0 Å². The average molecular weight is 416 g/mol. The molecule has 1 saturated heterocycles. The van der Waals surface area contributed by atoms with Gasteiger partial charge >= 0.3 is 6.18 Å². The zero-order valence-electron chi connectivity index (χ0n) is 14.0. The predicted octanol–water partition coefficient (Wildman–Crippen LogP) is 4.98. The lowest BCUT2D eigenvalue weighted by atomic mass is 10.0. The molecule has 0 unspecified atom stereocenters. The molecule has 3 rings (SSSR count). The van der Waals surface area contributed by atoms with Gasteiger partial charge in [0.2, 0.25) is 0 Å². The number of thiazole rings is 1. The summed E-state index contributed by atoms with van der Waals surface area (Å²) >= 11 is 1.35. The van der Waals surface area contributed by atoms with E-state index in [-0.39, 0.29) is 24.8 Å². The number of piperazine rings is 1. The Balaban J connectivity index is 0.00000156. The molecule has 0 spiro atoms. The molecule has 0 radical (unpaired) electrons. The normalized spacial score (nSPS) is 18.2. The highest BCUT2D eigenvalue weighted by Crippen LogP contribution is 2.36. The van der Waals surface area contributed by atoms with Crippen molar-refractivity contribution in [3.05, 3.63) is 23.8 Å². The van der Waals surface area contributed by atoms with E-state index in [4.69, 9.17) is 0 Å². The van der Waals surface area contributed by atoms with Gasteiger partial charge in [-0.25, -0.2) is 4.98 Å². The molecule has 1 N–H and O–H groups in total. The molecule has 25 heavy (non-hydrogen) atoms. The van der Waals surface area contributed by atoms with E-state index < -0.39 is 11.7 Å². The topological polar surface area (TPSA) is 28.2 Å². The van der Waals surface area contributed by atoms with Gasteiger partial charge in [-0.05, 0) is 30.5 Å². The number of benzene rings is 1. The van der Waals surface area contributed by atoms with Gasteiger partial charge in [0.1, 0.15) is 0 Å². The number of alkyl halides is 3. The summed E-state index contributed by atoms with van der Waals surface area (Å²) in [5.74, 6) is 0.564. The fourth-order valence-electron chi connectivity index (χ4n) is 2.98. The Morgan fingerprint density at radius 2 is 2.04 bits per heavy atom. The largest absolute Gasteiger partial charge is 0.416 e. The van der Waals surface area contributed by atoms with Crippen LogP contribution in [0.25, 0.3) is 10.2 Å². The van der Waals surface area contributed by atoms with E-state index in [0.29, 0.717) is 22.2 Å². The standard InChI is InChI=1S/C16H20F3N3S.2ClH/c1-10(2)7-12-9-20-5-6-22(12)15-21-13-4-3-11(16(17,18)19)8-14(13)23-15;;/h3-4,8,10,12,20H,5-7,9H2,1-2H3;2*1H/t12-;;/m0../s1. The van der Waals surface area contributed by atoms with Crippen molar-refractivity contribution in [2.24, 2.45) is 5.92 Å². The quantitative estimate of drug-likeness (QED) is 0.765. The van der Waals surface area contributed by atoms with Gasteiger partial charge in [-0.3, -0.25) is 0 Å². The maximum atomic E-state index is 12.8. The SMILES string of the molecule is CC(C)C[C@H]1CNCCN1c1nc2ccc(C(F)(F)F)cc2s1.Cl.Cl. The van der Waals surface area contributed by atoms with E-state index in [9.17, 15) is 13.2 Å². The van der Waals surface area contributed by atoms with Crippen molar-refractivity contribution in [2.75, 3.05) is 24.5 Å². The Morgan fingerprint density at radius 3 is 2.68 bits per heavy atom. The van der Waals surface area contributed by atoms with Gasteiger partial charge in [0.25, 0.3) is 0 Å². The lowest BCUT2D eigenvalue weighted by Gasteiger charge is -2.37. The lowest BCUT2D eigenvalue weighted by Crippen LogP contribution is -2.51. The van der Waals surface area contributed by atoms with Crippen LogP contribution in [0.3, 0.4) is 0 Å². The van der Waals surface area contributed by atoms with Crippen molar-refractivity contribution in [1.82, 2.24) is 10.3 Å². The third-order valence-electron chi connectivity index (χ3n) is 4.04. The molecule has 2 aromatic rings. The highest BCUT2D eigenvalue weighted by atomic mass is 35.5. The van der Waals surface area contributed by atoms with E-state index in [1.165, 1.54) is 23.5 Å². The van der Waals surface area contributed by atoms with Crippen LogP contribution in [0.4, 0.5) is 18.3 Å². The molecular formula is C16H22Cl2F3N3S. The van der Waals surface area contributed by atoms with Crippen LogP contribution < -0.4 is 10.2 Å². The first-order chi connectivity index (χ1) is 10.8. The number of hydrogen-bond donors (Lipinski definition) is 1. The van der Waals surface area contributed by atoms with Gasteiger partial charge in [0, 0.05) is 25.7 Å². The molecule has 3 nitrogen and oxygen atoms in total. The van der Waals surface area contributed by atoms with Crippen molar-refractivity contribution in [1.29, 1.82) is 0 Å². The van der Waals surface area contributed by atoms with Gasteiger partial charge in [0.15, 0.2) is 5.13 Å². The Labute approximate surface area is 161 Å². The highest BCUT2D eigenvalue weighted by molar-refractivity contribution is 7.22. The number of nitrogens with zero attached hydrogens (tertiary/aromatic N) is 2. The van der Waals surface area contributed by atoms with Gasteiger partial charge in [-0.15, -0.1) is 24.8 Å². The van der Waals surface area contributed by atoms with E-state index in [1.807, 2.05) is 0 Å². The summed E-state index contributed by atoms with van der Waals surface area (Å²) < 4.78 is 39.1. The fourth-order valence-corrected chi connectivity index (χ4v) is 4.08. The van der Waals surface area contributed by atoms with E-state index in [1.54, 1.807) is 0 Å². The van der Waals surface area contributed by atoms with Crippen LogP contribution in [-0.4, -0.2) is 30.7 Å². The summed E-state index contributed by atoms with van der Waals surface area (Å²) in [7, 11) is 0. The zero-order valence-corrected chi connectivity index (χ0v) is 16.4. The average Bonchev–Trinajstić information content (AvgIpc) is 2.89. The number of fused-ring (bicyclic) bond motifs is 1. The van der Waals surface area contributed by atoms with Crippen molar-refractivity contribution < 1.29 is 13.2 Å². The molecular weight excluding hydrogens is 394 g/mol. The molecule has 2 heterocycles. The van der Waals surface area contributed by atoms with E-state index in [2.05, 4.69) is 29.0 Å². The smallest absolute Gasteiger partial charge is 0.343 e. The number of aromatic nitrogens is 1. The molecule has 142 valence electrons. The third-order valence-corrected chi connectivity index (χ3v) is 5.10. The number of nitrogens with one attached hydrogen (secondary N) is 1. The first kappa shape index (κ1) is 22.3. The van der Waals surface area contributed by atoms with Gasteiger partial charge in [-0.2, -0.15) is 13.2 Å². The molecule has 1 atom stereocenters. The summed E-state index contributed by atoms with van der Waals surface area (Å²) in [5.41, 5.74) is 0.0269. The van der Waals surface area contributed by atoms with Crippen LogP contribution in [0.15, 0.2) is 18.2 Å². The van der Waals surface area contributed by atoms with Crippen LogP contribution in [-0.2, 0) is 6.18 Å². The molecule has 1 aromatic heterocycles. The molecule has 1 aliphatic rings. The molecule has 9 heteroatoms. The monoisotopic (exact) mass is 415 g/mol. The number of anilines is 1. The van der Waals surface area contributed by atoms with Gasteiger partial charge < -0.3 is 10.2 Å². The summed E-state index contributed by atoms with van der Waals surface area (Å²) in [4.78, 5) is 6.81. The lowest BCUT2D eigenvalue weighted by molar-refractivity contribution is -0.137. The van der Waals surface area contributed by atoms with Crippen molar-refractivity contribution in [3.8, 4) is 0 Å². The second-order valence-electron chi connectivity index (χ2n) is 6.36. The minimum absolute atomic E-state index is 0. The molecule has 0 bridgehead atoms. The minimum Gasteiger partial charge on any atom is -0.343 e. The maximum absolute atomic E-state index is 12.8. The Kier molecular flexibility index (Phi) is 7.80. The number of halogens is 5. The molecule has 1 aliphatic heterocycles. The zero-order chi connectivity index (χ0) is 16.6. The predicted molar refractivity (Wildman–Crippen MR) is 103 cm³/mol. The minimum atomic E-state index is -4.31. The highest BCUT2D eigenvalue weighted by Gasteiger charge is 2.31. The third kappa shape index (κ3) is 5.12. The van der Waals surface area contributed by atoms with Crippen molar-refractivity contribution in [3.63, 3.8) is 0 Å². The van der Waals surface area contributed by atoms with E-state index >= 15 is 0 Å². The summed E-state index contributed by atoms with van der Waals surface area (Å²) in [5, 5.41) is 4.21. The summed E-state index contributed by atoms with van der Waals surface area (Å²) in [6.07, 6.45) is -3.27. The first-order valence-electron chi connectivity index (χ1n) is 7.80. The van der Waals surface area contributed by atoms with Crippen molar-refractivity contribution >= 4 is 51.5 Å². The van der Waals surface area contributed by atoms with Gasteiger partial charge in [-0.1, -0.05) is 25.2 Å². The van der Waals surface area contributed by atoms with Crippen LogP contribution in [0.5, 0.6) is 0 Å². The molecule has 1 aromatic carbocycles. The number of rotatable bonds is 3. The van der Waals surface area contributed by atoms with E-state index in [0.717, 1.165) is 37.3 Å². The van der Waals surface area contributed by atoms with Crippen LogP contribution >= 0.6 is 36.2 Å². The maximum Gasteiger partial charge on any atom is 0.416 e. The fraction of sp³-hybridized carbons (Fsp3) is 0.562. The Hall–Kier alpha value is -0.760. The first-order valence-corrected chi connectivity index (χ1v) is 8.61. The second-order valence-corrected chi connectivity index (χ2v) is 7.37. The number of hydrogen-bond acceptors (Lipinski definition) is 4.